The number of carbonyl (C=O) groups is 1. The molecule has 1 saturated carbocycles. The van der Waals surface area contributed by atoms with Crippen molar-refractivity contribution in [2.75, 3.05) is 25.5 Å². The number of piperidine rings is 1. The van der Waals surface area contributed by atoms with Crippen molar-refractivity contribution < 1.29 is 14.6 Å². The van der Waals surface area contributed by atoms with E-state index in [2.05, 4.69) is 26.4 Å². The summed E-state index contributed by atoms with van der Waals surface area (Å²) in [5.41, 5.74) is 5.45. The predicted octanol–water partition coefficient (Wildman–Crippen LogP) is 6.37. The number of halogens is 2. The van der Waals surface area contributed by atoms with E-state index in [0.717, 1.165) is 42.6 Å². The zero-order valence-electron chi connectivity index (χ0n) is 25.6. The van der Waals surface area contributed by atoms with E-state index >= 15 is 0 Å². The summed E-state index contributed by atoms with van der Waals surface area (Å²) in [6.07, 6.45) is 5.05. The highest BCUT2D eigenvalue weighted by Gasteiger charge is 2.60. The number of methoxy groups -OCH3 is 1. The molecule has 2 fully saturated rings. The highest BCUT2D eigenvalue weighted by atomic mass is 35.5. The van der Waals surface area contributed by atoms with Crippen molar-refractivity contribution in [3.05, 3.63) is 92.5 Å². The second-order valence-electron chi connectivity index (χ2n) is 12.4. The number of aromatic nitrogens is 4. The Morgan fingerprint density at radius 3 is 2.51 bits per heavy atom. The van der Waals surface area contributed by atoms with Gasteiger partial charge in [-0.25, -0.2) is 14.6 Å². The maximum atomic E-state index is 12.9. The van der Waals surface area contributed by atoms with Crippen molar-refractivity contribution in [3.8, 4) is 28.3 Å². The zero-order chi connectivity index (χ0) is 32.6. The van der Waals surface area contributed by atoms with Crippen molar-refractivity contribution in [2.45, 2.75) is 18.9 Å². The molecule has 5 aromatic rings. The first-order chi connectivity index (χ1) is 22.7. The van der Waals surface area contributed by atoms with E-state index in [1.54, 1.807) is 32.6 Å². The van der Waals surface area contributed by atoms with Crippen molar-refractivity contribution in [2.24, 2.45) is 24.8 Å². The van der Waals surface area contributed by atoms with Crippen LogP contribution in [0.2, 0.25) is 10.0 Å². The maximum absolute atomic E-state index is 12.9. The number of nitrogens with zero attached hydrogens (tertiary/aromatic N) is 5. The van der Waals surface area contributed by atoms with Crippen LogP contribution in [0.1, 0.15) is 23.6 Å². The molecule has 3 aromatic heterocycles. The number of aliphatic carboxylic acids is 1. The topological polar surface area (TPSA) is 122 Å². The van der Waals surface area contributed by atoms with E-state index in [4.69, 9.17) is 32.9 Å². The fraction of sp³-hybridized carbons (Fsp3) is 0.286. The lowest BCUT2D eigenvalue weighted by Gasteiger charge is -2.27. The summed E-state index contributed by atoms with van der Waals surface area (Å²) in [4.78, 5) is 36.2. The number of rotatable bonds is 7. The maximum Gasteiger partial charge on any atom is 0.307 e. The Balaban J connectivity index is 1.12. The summed E-state index contributed by atoms with van der Waals surface area (Å²) >= 11 is 14.1. The molecule has 47 heavy (non-hydrogen) atoms. The van der Waals surface area contributed by atoms with Crippen LogP contribution in [-0.2, 0) is 18.3 Å². The number of pyridine rings is 2. The van der Waals surface area contributed by atoms with E-state index in [0.29, 0.717) is 49.5 Å². The van der Waals surface area contributed by atoms with Gasteiger partial charge in [0.05, 0.1) is 46.0 Å². The molecule has 238 valence electrons. The van der Waals surface area contributed by atoms with Crippen molar-refractivity contribution >= 4 is 51.4 Å². The molecule has 0 amide bonds. The second kappa shape index (κ2) is 11.3. The SMILES string of the molecule is COc1nc(-c2cccc(-c3cccc(Nc4nccc5cnn(C)c(=O)c45)c3Cl)c2Cl)cc2c1C(N1CC3C(C1)C3C(=O)O)CC2. The summed E-state index contributed by atoms with van der Waals surface area (Å²) in [5, 5.41) is 18.8. The highest BCUT2D eigenvalue weighted by Crippen LogP contribution is 2.55. The molecule has 2 N–H and O–H groups in total. The first-order valence-electron chi connectivity index (χ1n) is 15.5. The Bertz CT molecular complexity index is 2160. The molecule has 10 nitrogen and oxygen atoms in total. The molecule has 3 atom stereocenters. The third kappa shape index (κ3) is 4.85. The van der Waals surface area contributed by atoms with Crippen LogP contribution in [0.25, 0.3) is 33.2 Å². The molecule has 3 aliphatic rings. The van der Waals surface area contributed by atoms with E-state index in [1.165, 1.54) is 10.2 Å². The normalized spacial score (nSPS) is 21.4. The molecular weight excluding hydrogens is 639 g/mol. The molecular formula is C35H30Cl2N6O4. The van der Waals surface area contributed by atoms with Crippen LogP contribution in [-0.4, -0.2) is 55.9 Å². The van der Waals surface area contributed by atoms with Gasteiger partial charge in [-0.3, -0.25) is 14.5 Å². The smallest absolute Gasteiger partial charge is 0.307 e. The predicted molar refractivity (Wildman–Crippen MR) is 180 cm³/mol. The van der Waals surface area contributed by atoms with Gasteiger partial charge in [0.25, 0.3) is 5.56 Å². The number of hydrogen-bond acceptors (Lipinski definition) is 8. The Kier molecular flexibility index (Phi) is 7.20. The number of carboxylic acid groups (broad SMARTS) is 1. The van der Waals surface area contributed by atoms with Crippen LogP contribution in [0.3, 0.4) is 0 Å². The van der Waals surface area contributed by atoms with Gasteiger partial charge in [-0.15, -0.1) is 0 Å². The van der Waals surface area contributed by atoms with Gasteiger partial charge in [-0.2, -0.15) is 5.10 Å². The standard InChI is InChI=1S/C35H30Cl2N6O4/c1-42-34(44)28-18(14-39-42)11-12-38-32(28)40-24-8-4-6-20(31(24)37)19-5-3-7-21(30(19)36)25-13-17-9-10-26(27(17)33(41-25)47-2)43-15-22-23(16-43)29(22)35(45)46/h3-8,11-14,22-23,26,29H,9-10,15-16H2,1-2H3,(H,38,40)(H,45,46). The number of fused-ring (bicyclic) bond motifs is 3. The second-order valence-corrected chi connectivity index (χ2v) is 13.2. The van der Waals surface area contributed by atoms with Gasteiger partial charge in [0.15, 0.2) is 0 Å². The molecule has 2 aliphatic carbocycles. The largest absolute Gasteiger partial charge is 0.481 e. The monoisotopic (exact) mass is 668 g/mol. The number of hydrogen-bond donors (Lipinski definition) is 2. The number of benzene rings is 2. The molecule has 4 heterocycles. The minimum Gasteiger partial charge on any atom is -0.481 e. The minimum atomic E-state index is -0.676. The molecule has 1 aliphatic heterocycles. The Labute approximate surface area is 279 Å². The Hall–Kier alpha value is -4.51. The van der Waals surface area contributed by atoms with Gasteiger partial charge in [-0.05, 0) is 48.4 Å². The molecule has 2 aromatic carbocycles. The van der Waals surface area contributed by atoms with Crippen LogP contribution >= 0.6 is 23.2 Å². The highest BCUT2D eigenvalue weighted by molar-refractivity contribution is 6.39. The van der Waals surface area contributed by atoms with Crippen LogP contribution in [0.5, 0.6) is 5.88 Å². The van der Waals surface area contributed by atoms with E-state index < -0.39 is 5.97 Å². The van der Waals surface area contributed by atoms with Crippen LogP contribution in [0, 0.1) is 17.8 Å². The van der Waals surface area contributed by atoms with E-state index in [-0.39, 0.29) is 29.4 Å². The fourth-order valence-electron chi connectivity index (χ4n) is 7.59. The average molecular weight is 670 g/mol. The van der Waals surface area contributed by atoms with Crippen molar-refractivity contribution in [1.82, 2.24) is 24.6 Å². The minimum absolute atomic E-state index is 0.160. The van der Waals surface area contributed by atoms with Crippen molar-refractivity contribution in [1.29, 1.82) is 0 Å². The van der Waals surface area contributed by atoms with Gasteiger partial charge in [0.1, 0.15) is 5.82 Å². The number of anilines is 2. The molecule has 0 spiro atoms. The fourth-order valence-corrected chi connectivity index (χ4v) is 8.19. The lowest BCUT2D eigenvalue weighted by Crippen LogP contribution is -2.29. The van der Waals surface area contributed by atoms with Gasteiger partial charge in [0.2, 0.25) is 5.88 Å². The number of likely N-dealkylation sites (tertiary alicyclic amines) is 1. The van der Waals surface area contributed by atoms with Gasteiger partial charge in [0, 0.05) is 60.0 Å². The van der Waals surface area contributed by atoms with E-state index in [1.807, 2.05) is 36.4 Å². The lowest BCUT2D eigenvalue weighted by molar-refractivity contribution is -0.139. The number of ether oxygens (including phenoxy) is 1. The lowest BCUT2D eigenvalue weighted by atomic mass is 9.99. The summed E-state index contributed by atoms with van der Waals surface area (Å²) in [6, 6.07) is 15.4. The van der Waals surface area contributed by atoms with Crippen molar-refractivity contribution in [3.63, 3.8) is 0 Å². The summed E-state index contributed by atoms with van der Waals surface area (Å²) in [5.74, 6) is 0.560. The number of carboxylic acids is 1. The summed E-state index contributed by atoms with van der Waals surface area (Å²) < 4.78 is 7.13. The molecule has 0 bridgehead atoms. The van der Waals surface area contributed by atoms with E-state index in [9.17, 15) is 14.7 Å². The molecule has 0 radical (unpaired) electrons. The number of nitrogens with one attached hydrogen (secondary N) is 1. The molecule has 8 rings (SSSR count). The van der Waals surface area contributed by atoms with Gasteiger partial charge < -0.3 is 15.2 Å². The Morgan fingerprint density at radius 1 is 1.04 bits per heavy atom. The third-order valence-electron chi connectivity index (χ3n) is 9.95. The van der Waals surface area contributed by atoms with Crippen LogP contribution in [0.15, 0.2) is 65.7 Å². The average Bonchev–Trinajstić information content (AvgIpc) is 3.35. The molecule has 1 saturated heterocycles. The Morgan fingerprint density at radius 2 is 1.77 bits per heavy atom. The third-order valence-corrected chi connectivity index (χ3v) is 10.8. The first-order valence-corrected chi connectivity index (χ1v) is 16.2. The van der Waals surface area contributed by atoms with Crippen LogP contribution < -0.4 is 15.6 Å². The van der Waals surface area contributed by atoms with Gasteiger partial charge in [-0.1, -0.05) is 53.5 Å². The molecule has 12 heteroatoms. The zero-order valence-corrected chi connectivity index (χ0v) is 27.1. The number of aryl methyl sites for hydroxylation is 2. The first kappa shape index (κ1) is 29.9. The quantitative estimate of drug-likeness (QED) is 0.204. The summed E-state index contributed by atoms with van der Waals surface area (Å²) in [6.45, 7) is 1.59. The summed E-state index contributed by atoms with van der Waals surface area (Å²) in [7, 11) is 3.23. The van der Waals surface area contributed by atoms with Gasteiger partial charge >= 0.3 is 5.97 Å². The van der Waals surface area contributed by atoms with Crippen LogP contribution in [0.4, 0.5) is 11.5 Å². The molecule has 3 unspecified atom stereocenters.